The van der Waals surface area contributed by atoms with Gasteiger partial charge in [-0.15, -0.1) is 0 Å². The summed E-state index contributed by atoms with van der Waals surface area (Å²) in [6, 6.07) is 5.49. The van der Waals surface area contributed by atoms with Crippen molar-refractivity contribution in [2.75, 3.05) is 5.75 Å². The van der Waals surface area contributed by atoms with Crippen LogP contribution in [-0.4, -0.2) is 16.8 Å². The van der Waals surface area contributed by atoms with E-state index in [2.05, 4.69) is 12.1 Å². The van der Waals surface area contributed by atoms with E-state index in [0.29, 0.717) is 10.6 Å². The molecule has 1 rings (SSSR count). The van der Waals surface area contributed by atoms with Crippen molar-refractivity contribution >= 4 is 29.2 Å². The summed E-state index contributed by atoms with van der Waals surface area (Å²) in [5.74, 6) is 2.14. The Balaban J connectivity index is 2.52. The molecule has 0 aliphatic heterocycles. The van der Waals surface area contributed by atoms with Crippen LogP contribution >= 0.6 is 23.4 Å². The van der Waals surface area contributed by atoms with Gasteiger partial charge in [-0.3, -0.25) is 0 Å². The fourth-order valence-electron chi connectivity index (χ4n) is 1.52. The number of benzene rings is 1. The first-order chi connectivity index (χ1) is 8.69. The molecule has 0 unspecified atom stereocenters. The van der Waals surface area contributed by atoms with Crippen LogP contribution in [0.15, 0.2) is 23.4 Å². The van der Waals surface area contributed by atoms with Crippen molar-refractivity contribution in [3.05, 3.63) is 34.3 Å². The Labute approximate surface area is 117 Å². The Morgan fingerprint density at radius 1 is 1.44 bits per heavy atom. The summed E-state index contributed by atoms with van der Waals surface area (Å²) in [6.45, 7) is 2.20. The first kappa shape index (κ1) is 15.2. The quantitative estimate of drug-likeness (QED) is 0.263. The standard InChI is InChI=1S/C13H19ClN2OS/c1-2-3-4-7-18-9-11-6-5-10(8-12(11)14)13(15)16-17/h5-6,8,17H,2-4,7,9H2,1H3,(H2,15,16). The lowest BCUT2D eigenvalue weighted by Crippen LogP contribution is -2.12. The molecule has 5 heteroatoms. The predicted octanol–water partition coefficient (Wildman–Crippen LogP) is 3.86. The Morgan fingerprint density at radius 3 is 2.83 bits per heavy atom. The van der Waals surface area contributed by atoms with Crippen molar-refractivity contribution < 1.29 is 5.21 Å². The summed E-state index contributed by atoms with van der Waals surface area (Å²) < 4.78 is 0. The van der Waals surface area contributed by atoms with E-state index < -0.39 is 0 Å². The summed E-state index contributed by atoms with van der Waals surface area (Å²) in [5.41, 5.74) is 7.24. The molecule has 0 aliphatic rings. The molecular formula is C13H19ClN2OS. The number of unbranched alkanes of at least 4 members (excludes halogenated alkanes) is 2. The second-order valence-corrected chi connectivity index (χ2v) is 5.56. The van der Waals surface area contributed by atoms with Crippen molar-refractivity contribution in [2.24, 2.45) is 10.9 Å². The van der Waals surface area contributed by atoms with Gasteiger partial charge in [0.25, 0.3) is 0 Å². The minimum atomic E-state index is 0.0825. The summed E-state index contributed by atoms with van der Waals surface area (Å²) in [4.78, 5) is 0. The van der Waals surface area contributed by atoms with Crippen LogP contribution in [0.25, 0.3) is 0 Å². The van der Waals surface area contributed by atoms with E-state index in [4.69, 9.17) is 22.5 Å². The molecule has 0 radical (unpaired) electrons. The van der Waals surface area contributed by atoms with Crippen LogP contribution < -0.4 is 5.73 Å². The molecule has 0 aromatic heterocycles. The highest BCUT2D eigenvalue weighted by Gasteiger charge is 2.05. The molecule has 0 aliphatic carbocycles. The van der Waals surface area contributed by atoms with Crippen LogP contribution in [0.4, 0.5) is 0 Å². The predicted molar refractivity (Wildman–Crippen MR) is 79.6 cm³/mol. The van der Waals surface area contributed by atoms with Gasteiger partial charge in [0.05, 0.1) is 0 Å². The molecule has 100 valence electrons. The van der Waals surface area contributed by atoms with Crippen LogP contribution in [0.1, 0.15) is 37.3 Å². The maximum absolute atomic E-state index is 8.59. The van der Waals surface area contributed by atoms with Crippen molar-refractivity contribution in [1.29, 1.82) is 0 Å². The molecule has 0 saturated carbocycles. The minimum absolute atomic E-state index is 0.0825. The molecule has 0 amide bonds. The van der Waals surface area contributed by atoms with Crippen LogP contribution in [0.2, 0.25) is 5.02 Å². The van der Waals surface area contributed by atoms with Crippen molar-refractivity contribution in [3.63, 3.8) is 0 Å². The molecule has 18 heavy (non-hydrogen) atoms. The number of thioether (sulfide) groups is 1. The minimum Gasteiger partial charge on any atom is -0.409 e. The van der Waals surface area contributed by atoms with Crippen LogP contribution in [0, 0.1) is 0 Å². The largest absolute Gasteiger partial charge is 0.409 e. The maximum atomic E-state index is 8.59. The fourth-order valence-corrected chi connectivity index (χ4v) is 2.87. The van der Waals surface area contributed by atoms with E-state index in [1.165, 1.54) is 19.3 Å². The van der Waals surface area contributed by atoms with Gasteiger partial charge in [0.1, 0.15) is 0 Å². The van der Waals surface area contributed by atoms with Gasteiger partial charge in [-0.25, -0.2) is 0 Å². The van der Waals surface area contributed by atoms with Gasteiger partial charge in [0.2, 0.25) is 0 Å². The van der Waals surface area contributed by atoms with E-state index >= 15 is 0 Å². The Morgan fingerprint density at radius 2 is 2.22 bits per heavy atom. The monoisotopic (exact) mass is 286 g/mol. The number of hydrogen-bond donors (Lipinski definition) is 2. The molecule has 0 spiro atoms. The number of nitrogens with zero attached hydrogens (tertiary/aromatic N) is 1. The highest BCUT2D eigenvalue weighted by Crippen LogP contribution is 2.23. The molecule has 3 nitrogen and oxygen atoms in total. The third-order valence-electron chi connectivity index (χ3n) is 2.61. The molecule has 3 N–H and O–H groups in total. The van der Waals surface area contributed by atoms with Crippen molar-refractivity contribution in [2.45, 2.75) is 31.9 Å². The van der Waals surface area contributed by atoms with Gasteiger partial charge < -0.3 is 10.9 Å². The molecule has 0 fully saturated rings. The Bertz CT molecular complexity index is 410. The average molecular weight is 287 g/mol. The Kier molecular flexibility index (Phi) is 6.98. The number of rotatable bonds is 7. The highest BCUT2D eigenvalue weighted by molar-refractivity contribution is 7.98. The average Bonchev–Trinajstić information content (AvgIpc) is 2.39. The molecule has 0 bridgehead atoms. The van der Waals surface area contributed by atoms with Crippen LogP contribution in [0.3, 0.4) is 0 Å². The summed E-state index contributed by atoms with van der Waals surface area (Å²) >= 11 is 8.05. The number of amidine groups is 1. The zero-order valence-electron chi connectivity index (χ0n) is 10.5. The van der Waals surface area contributed by atoms with E-state index in [1.807, 2.05) is 23.9 Å². The molecule has 0 heterocycles. The van der Waals surface area contributed by atoms with Gasteiger partial charge in [0, 0.05) is 16.3 Å². The molecular weight excluding hydrogens is 268 g/mol. The van der Waals surface area contributed by atoms with Crippen LogP contribution in [-0.2, 0) is 5.75 Å². The second kappa shape index (κ2) is 8.27. The fraction of sp³-hybridized carbons (Fsp3) is 0.462. The van der Waals surface area contributed by atoms with E-state index in [-0.39, 0.29) is 5.84 Å². The zero-order valence-corrected chi connectivity index (χ0v) is 12.1. The molecule has 0 atom stereocenters. The lowest BCUT2D eigenvalue weighted by atomic mass is 10.1. The molecule has 1 aromatic rings. The second-order valence-electron chi connectivity index (χ2n) is 4.05. The normalized spacial score (nSPS) is 11.8. The molecule has 1 aromatic carbocycles. The van der Waals surface area contributed by atoms with Crippen molar-refractivity contribution in [1.82, 2.24) is 0 Å². The first-order valence-corrected chi connectivity index (χ1v) is 7.56. The topological polar surface area (TPSA) is 58.6 Å². The first-order valence-electron chi connectivity index (χ1n) is 6.03. The van der Waals surface area contributed by atoms with Gasteiger partial charge in [-0.05, 0) is 23.8 Å². The number of halogens is 1. The zero-order chi connectivity index (χ0) is 13.4. The van der Waals surface area contributed by atoms with Gasteiger partial charge in [-0.2, -0.15) is 11.8 Å². The third-order valence-corrected chi connectivity index (χ3v) is 4.05. The van der Waals surface area contributed by atoms with Crippen molar-refractivity contribution in [3.8, 4) is 0 Å². The van der Waals surface area contributed by atoms with E-state index in [9.17, 15) is 0 Å². The third kappa shape index (κ3) is 4.78. The van der Waals surface area contributed by atoms with E-state index in [0.717, 1.165) is 17.1 Å². The summed E-state index contributed by atoms with van der Waals surface area (Å²) in [6.07, 6.45) is 3.78. The SMILES string of the molecule is CCCCCSCc1ccc(/C(N)=N/O)cc1Cl. The van der Waals surface area contributed by atoms with Gasteiger partial charge in [-0.1, -0.05) is 48.7 Å². The van der Waals surface area contributed by atoms with Gasteiger partial charge in [0.15, 0.2) is 5.84 Å². The summed E-state index contributed by atoms with van der Waals surface area (Å²) in [5, 5.41) is 12.2. The maximum Gasteiger partial charge on any atom is 0.170 e. The van der Waals surface area contributed by atoms with Gasteiger partial charge >= 0.3 is 0 Å². The number of nitrogens with two attached hydrogens (primary N) is 1. The highest BCUT2D eigenvalue weighted by atomic mass is 35.5. The summed E-state index contributed by atoms with van der Waals surface area (Å²) in [7, 11) is 0. The number of hydrogen-bond acceptors (Lipinski definition) is 3. The Hall–Kier alpha value is -0.870. The van der Waals surface area contributed by atoms with Crippen LogP contribution in [0.5, 0.6) is 0 Å². The lowest BCUT2D eigenvalue weighted by molar-refractivity contribution is 0.318. The molecule has 0 saturated heterocycles. The lowest BCUT2D eigenvalue weighted by Gasteiger charge is -2.06. The smallest absolute Gasteiger partial charge is 0.170 e. The van der Waals surface area contributed by atoms with E-state index in [1.54, 1.807) is 6.07 Å². The number of oxime groups is 1.